The van der Waals surface area contributed by atoms with Crippen LogP contribution in [0.1, 0.15) is 0 Å². The lowest BCUT2D eigenvalue weighted by atomic mass is 10.4. The fraction of sp³-hybridized carbons (Fsp3) is 0.455. The molecule has 0 atom stereocenters. The molecule has 0 spiro atoms. The molecule has 1 amide bonds. The molecule has 0 aromatic carbocycles. The normalized spacial score (nSPS) is 14.9. The molecule has 1 aliphatic heterocycles. The average molecular weight is 302 g/mol. The molecular formula is C11H12ClN3O5. The summed E-state index contributed by atoms with van der Waals surface area (Å²) >= 11 is 5.63. The van der Waals surface area contributed by atoms with Crippen molar-refractivity contribution in [3.8, 4) is 5.88 Å². The number of carbonyl (C=O) groups is 1. The van der Waals surface area contributed by atoms with Crippen molar-refractivity contribution in [2.75, 3.05) is 32.9 Å². The second-order valence-corrected chi connectivity index (χ2v) is 4.45. The molecule has 108 valence electrons. The van der Waals surface area contributed by atoms with Gasteiger partial charge in [0, 0.05) is 19.2 Å². The molecule has 1 aromatic heterocycles. The first kappa shape index (κ1) is 14.5. The van der Waals surface area contributed by atoms with E-state index in [1.165, 1.54) is 6.20 Å². The van der Waals surface area contributed by atoms with Crippen molar-refractivity contribution in [2.45, 2.75) is 0 Å². The highest BCUT2D eigenvalue weighted by atomic mass is 35.5. The molecule has 0 saturated carbocycles. The summed E-state index contributed by atoms with van der Waals surface area (Å²) in [6.45, 7) is 1.61. The Kier molecular flexibility index (Phi) is 4.70. The van der Waals surface area contributed by atoms with E-state index in [0.717, 1.165) is 6.07 Å². The molecule has 1 saturated heterocycles. The third kappa shape index (κ3) is 3.55. The molecule has 0 N–H and O–H groups in total. The standard InChI is InChI=1S/C11H12ClN3O5/c12-8-5-9(15(17)18)11(13-6-8)20-7-10(16)14-1-3-19-4-2-14/h5-6H,1-4,7H2. The van der Waals surface area contributed by atoms with Gasteiger partial charge in [0.15, 0.2) is 6.61 Å². The minimum atomic E-state index is -0.659. The van der Waals surface area contributed by atoms with E-state index in [1.807, 2.05) is 0 Å². The van der Waals surface area contributed by atoms with Gasteiger partial charge in [0.2, 0.25) is 0 Å². The van der Waals surface area contributed by atoms with E-state index in [0.29, 0.717) is 26.3 Å². The molecule has 2 rings (SSSR count). The second kappa shape index (κ2) is 6.49. The molecule has 0 bridgehead atoms. The van der Waals surface area contributed by atoms with Crippen LogP contribution in [0.15, 0.2) is 12.3 Å². The molecule has 20 heavy (non-hydrogen) atoms. The Balaban J connectivity index is 1.99. The Morgan fingerprint density at radius 2 is 2.25 bits per heavy atom. The zero-order valence-electron chi connectivity index (χ0n) is 10.5. The van der Waals surface area contributed by atoms with E-state index in [4.69, 9.17) is 21.1 Å². The lowest BCUT2D eigenvalue weighted by Gasteiger charge is -2.26. The van der Waals surface area contributed by atoms with Crippen molar-refractivity contribution < 1.29 is 19.2 Å². The number of halogens is 1. The number of hydrogen-bond acceptors (Lipinski definition) is 6. The van der Waals surface area contributed by atoms with Crippen LogP contribution in [-0.4, -0.2) is 53.6 Å². The van der Waals surface area contributed by atoms with Crippen molar-refractivity contribution in [3.05, 3.63) is 27.4 Å². The number of hydrogen-bond donors (Lipinski definition) is 0. The van der Waals surface area contributed by atoms with E-state index in [1.54, 1.807) is 4.90 Å². The van der Waals surface area contributed by atoms with Crippen LogP contribution in [0, 0.1) is 10.1 Å². The van der Waals surface area contributed by atoms with E-state index >= 15 is 0 Å². The largest absolute Gasteiger partial charge is 0.463 e. The summed E-state index contributed by atoms with van der Waals surface area (Å²) in [7, 11) is 0. The van der Waals surface area contributed by atoms with Gasteiger partial charge in [-0.1, -0.05) is 11.6 Å². The van der Waals surface area contributed by atoms with Gasteiger partial charge in [-0.25, -0.2) is 4.98 Å². The molecule has 2 heterocycles. The predicted molar refractivity (Wildman–Crippen MR) is 68.8 cm³/mol. The van der Waals surface area contributed by atoms with Crippen LogP contribution < -0.4 is 4.74 Å². The number of nitro groups is 1. The minimum absolute atomic E-state index is 0.128. The van der Waals surface area contributed by atoms with E-state index in [-0.39, 0.29) is 29.1 Å². The molecule has 1 aromatic rings. The maximum absolute atomic E-state index is 11.8. The van der Waals surface area contributed by atoms with Crippen LogP contribution >= 0.6 is 11.6 Å². The second-order valence-electron chi connectivity index (χ2n) is 4.02. The lowest BCUT2D eigenvalue weighted by Crippen LogP contribution is -2.43. The van der Waals surface area contributed by atoms with Gasteiger partial charge in [0.1, 0.15) is 0 Å². The summed E-state index contributed by atoms with van der Waals surface area (Å²) in [6, 6.07) is 1.13. The van der Waals surface area contributed by atoms with Crippen LogP contribution in [0.4, 0.5) is 5.69 Å². The first-order chi connectivity index (χ1) is 9.58. The smallest absolute Gasteiger partial charge is 0.332 e. The lowest BCUT2D eigenvalue weighted by molar-refractivity contribution is -0.386. The fourth-order valence-corrected chi connectivity index (χ4v) is 1.84. The maximum atomic E-state index is 11.8. The highest BCUT2D eigenvalue weighted by Crippen LogP contribution is 2.26. The highest BCUT2D eigenvalue weighted by Gasteiger charge is 2.21. The quantitative estimate of drug-likeness (QED) is 0.605. The summed E-state index contributed by atoms with van der Waals surface area (Å²) in [5.74, 6) is -0.486. The van der Waals surface area contributed by atoms with Crippen LogP contribution in [0.25, 0.3) is 0 Å². The van der Waals surface area contributed by atoms with Crippen LogP contribution in [0.2, 0.25) is 5.02 Å². The van der Waals surface area contributed by atoms with Gasteiger partial charge < -0.3 is 14.4 Å². The van der Waals surface area contributed by atoms with Gasteiger partial charge in [0.25, 0.3) is 11.8 Å². The Bertz CT molecular complexity index is 519. The molecule has 1 fully saturated rings. The monoisotopic (exact) mass is 301 g/mol. The Labute approximate surface area is 119 Å². The van der Waals surface area contributed by atoms with Crippen LogP contribution in [0.5, 0.6) is 5.88 Å². The van der Waals surface area contributed by atoms with Gasteiger partial charge in [-0.15, -0.1) is 0 Å². The number of aromatic nitrogens is 1. The molecule has 1 aliphatic rings. The van der Waals surface area contributed by atoms with Crippen molar-refractivity contribution in [2.24, 2.45) is 0 Å². The summed E-state index contributed by atoms with van der Waals surface area (Å²) in [6.07, 6.45) is 1.23. The maximum Gasteiger partial charge on any atom is 0.332 e. The molecular weight excluding hydrogens is 290 g/mol. The molecule has 9 heteroatoms. The first-order valence-electron chi connectivity index (χ1n) is 5.86. The van der Waals surface area contributed by atoms with E-state index in [9.17, 15) is 14.9 Å². The van der Waals surface area contributed by atoms with Crippen molar-refractivity contribution >= 4 is 23.2 Å². The SMILES string of the molecule is O=C(COc1ncc(Cl)cc1[N+](=O)[O-])N1CCOCC1. The number of ether oxygens (including phenoxy) is 2. The Hall–Kier alpha value is -1.93. The number of carbonyl (C=O) groups excluding carboxylic acids is 1. The van der Waals surface area contributed by atoms with Crippen molar-refractivity contribution in [1.82, 2.24) is 9.88 Å². The number of amides is 1. The van der Waals surface area contributed by atoms with Crippen LogP contribution in [0.3, 0.4) is 0 Å². The molecule has 8 nitrogen and oxygen atoms in total. The topological polar surface area (TPSA) is 94.8 Å². The Morgan fingerprint density at radius 3 is 2.90 bits per heavy atom. The fourth-order valence-electron chi connectivity index (χ4n) is 1.69. The Morgan fingerprint density at radius 1 is 1.55 bits per heavy atom. The number of nitrogens with zero attached hydrogens (tertiary/aromatic N) is 3. The van der Waals surface area contributed by atoms with E-state index in [2.05, 4.69) is 4.98 Å². The highest BCUT2D eigenvalue weighted by molar-refractivity contribution is 6.30. The van der Waals surface area contributed by atoms with Gasteiger partial charge in [-0.3, -0.25) is 14.9 Å². The van der Waals surface area contributed by atoms with E-state index < -0.39 is 4.92 Å². The third-order valence-corrected chi connectivity index (χ3v) is 2.90. The minimum Gasteiger partial charge on any atom is -0.463 e. The number of pyridine rings is 1. The van der Waals surface area contributed by atoms with Gasteiger partial charge in [-0.05, 0) is 0 Å². The summed E-state index contributed by atoms with van der Waals surface area (Å²) in [4.78, 5) is 27.3. The number of morpholine rings is 1. The van der Waals surface area contributed by atoms with Gasteiger partial charge in [-0.2, -0.15) is 0 Å². The summed E-state index contributed by atoms with van der Waals surface area (Å²) in [5, 5.41) is 11.0. The summed E-state index contributed by atoms with van der Waals surface area (Å²) < 4.78 is 10.3. The zero-order chi connectivity index (χ0) is 14.5. The van der Waals surface area contributed by atoms with Gasteiger partial charge >= 0.3 is 5.69 Å². The first-order valence-corrected chi connectivity index (χ1v) is 6.24. The average Bonchev–Trinajstić information content (AvgIpc) is 2.46. The van der Waals surface area contributed by atoms with Gasteiger partial charge in [0.05, 0.1) is 29.4 Å². The van der Waals surface area contributed by atoms with Crippen LogP contribution in [-0.2, 0) is 9.53 Å². The molecule has 0 radical (unpaired) electrons. The zero-order valence-corrected chi connectivity index (χ0v) is 11.2. The summed E-state index contributed by atoms with van der Waals surface area (Å²) in [5.41, 5.74) is -0.368. The van der Waals surface area contributed by atoms with Crippen molar-refractivity contribution in [3.63, 3.8) is 0 Å². The predicted octanol–water partition coefficient (Wildman–Crippen LogP) is 0.881. The van der Waals surface area contributed by atoms with Crippen molar-refractivity contribution in [1.29, 1.82) is 0 Å². The number of rotatable bonds is 4. The molecule has 0 aliphatic carbocycles. The molecule has 0 unspecified atom stereocenters. The third-order valence-electron chi connectivity index (χ3n) is 2.69.